The number of nitrogens with one attached hydrogen (secondary N) is 1. The summed E-state index contributed by atoms with van der Waals surface area (Å²) in [7, 11) is 0. The molecule has 1 aliphatic rings. The van der Waals surface area contributed by atoms with Crippen LogP contribution in [-0.2, 0) is 17.8 Å². The van der Waals surface area contributed by atoms with E-state index in [9.17, 15) is 8.60 Å². The Morgan fingerprint density at radius 3 is 2.60 bits per heavy atom. The van der Waals surface area contributed by atoms with Crippen LogP contribution in [-0.4, -0.2) is 20.2 Å². The Balaban J connectivity index is 2.09. The molecule has 25 heavy (non-hydrogen) atoms. The highest BCUT2D eigenvalue weighted by Crippen LogP contribution is 2.35. The van der Waals surface area contributed by atoms with Crippen LogP contribution in [0.15, 0.2) is 41.4 Å². The summed E-state index contributed by atoms with van der Waals surface area (Å²) >= 11 is -2.08. The average molecular weight is 362 g/mol. The molecule has 5 nitrogen and oxygen atoms in total. The van der Waals surface area contributed by atoms with Gasteiger partial charge in [-0.05, 0) is 62.2 Å². The van der Waals surface area contributed by atoms with Crippen molar-refractivity contribution in [2.75, 3.05) is 0 Å². The number of hydrogen-bond acceptors (Lipinski definition) is 3. The number of aliphatic imine (C=N–C) groups is 1. The fourth-order valence-corrected chi connectivity index (χ4v) is 3.18. The van der Waals surface area contributed by atoms with Gasteiger partial charge < -0.3 is 4.74 Å². The SMILES string of the molecule is Cc1cc(CNS(=O)O)cc2c1C(c1ccc(F)cc1)=NC(C)(C)O2. The van der Waals surface area contributed by atoms with Crippen molar-refractivity contribution in [1.82, 2.24) is 4.72 Å². The summed E-state index contributed by atoms with van der Waals surface area (Å²) in [6.45, 7) is 5.87. The van der Waals surface area contributed by atoms with E-state index in [1.165, 1.54) is 12.1 Å². The molecule has 0 aliphatic carbocycles. The van der Waals surface area contributed by atoms with Gasteiger partial charge in [-0.1, -0.05) is 6.07 Å². The third-order valence-corrected chi connectivity index (χ3v) is 4.25. The predicted molar refractivity (Wildman–Crippen MR) is 95.5 cm³/mol. The van der Waals surface area contributed by atoms with Crippen LogP contribution >= 0.6 is 0 Å². The summed E-state index contributed by atoms with van der Waals surface area (Å²) in [4.78, 5) is 4.69. The highest BCUT2D eigenvalue weighted by Gasteiger charge is 2.30. The van der Waals surface area contributed by atoms with Crippen LogP contribution < -0.4 is 9.46 Å². The maximum atomic E-state index is 13.3. The zero-order valence-corrected chi connectivity index (χ0v) is 15.0. The number of aryl methyl sites for hydroxylation is 1. The summed E-state index contributed by atoms with van der Waals surface area (Å²) in [6, 6.07) is 9.96. The van der Waals surface area contributed by atoms with Gasteiger partial charge in [-0.25, -0.2) is 18.3 Å². The van der Waals surface area contributed by atoms with E-state index in [1.807, 2.05) is 32.9 Å². The van der Waals surface area contributed by atoms with Crippen molar-refractivity contribution in [2.24, 2.45) is 4.99 Å². The first-order chi connectivity index (χ1) is 11.7. The molecule has 2 N–H and O–H groups in total. The molecule has 1 heterocycles. The number of hydrogen-bond donors (Lipinski definition) is 2. The summed E-state index contributed by atoms with van der Waals surface area (Å²) in [5, 5.41) is 0. The topological polar surface area (TPSA) is 70.9 Å². The van der Waals surface area contributed by atoms with Crippen molar-refractivity contribution >= 4 is 17.0 Å². The number of halogens is 1. The van der Waals surface area contributed by atoms with Crippen molar-refractivity contribution in [3.63, 3.8) is 0 Å². The summed E-state index contributed by atoms with van der Waals surface area (Å²) in [6.07, 6.45) is 0. The van der Waals surface area contributed by atoms with Crippen molar-refractivity contribution in [3.8, 4) is 5.75 Å². The third-order valence-electron chi connectivity index (χ3n) is 3.85. The van der Waals surface area contributed by atoms with Crippen molar-refractivity contribution in [1.29, 1.82) is 0 Å². The van der Waals surface area contributed by atoms with Gasteiger partial charge in [0, 0.05) is 17.7 Å². The first-order valence-electron chi connectivity index (χ1n) is 7.78. The van der Waals surface area contributed by atoms with E-state index in [4.69, 9.17) is 9.29 Å². The van der Waals surface area contributed by atoms with Gasteiger partial charge in [0.25, 0.3) is 0 Å². The monoisotopic (exact) mass is 362 g/mol. The molecule has 132 valence electrons. The Morgan fingerprint density at radius 2 is 1.96 bits per heavy atom. The van der Waals surface area contributed by atoms with Crippen LogP contribution in [0.4, 0.5) is 4.39 Å². The van der Waals surface area contributed by atoms with Gasteiger partial charge in [-0.2, -0.15) is 0 Å². The molecule has 1 aliphatic heterocycles. The molecule has 0 amide bonds. The van der Waals surface area contributed by atoms with E-state index in [2.05, 4.69) is 9.71 Å². The van der Waals surface area contributed by atoms with E-state index in [0.717, 1.165) is 28.0 Å². The number of fused-ring (bicyclic) bond motifs is 1. The molecule has 0 saturated carbocycles. The number of nitrogens with zero attached hydrogens (tertiary/aromatic N) is 1. The fourth-order valence-electron chi connectivity index (χ4n) is 2.89. The molecule has 0 aromatic heterocycles. The second-order valence-corrected chi connectivity index (χ2v) is 7.16. The zero-order valence-electron chi connectivity index (χ0n) is 14.2. The lowest BCUT2D eigenvalue weighted by Crippen LogP contribution is -2.33. The van der Waals surface area contributed by atoms with E-state index < -0.39 is 17.0 Å². The average Bonchev–Trinajstić information content (AvgIpc) is 2.51. The van der Waals surface area contributed by atoms with Crippen molar-refractivity contribution < 1.29 is 17.9 Å². The molecule has 2 aromatic rings. The van der Waals surface area contributed by atoms with E-state index in [0.29, 0.717) is 5.75 Å². The molecule has 1 atom stereocenters. The highest BCUT2D eigenvalue weighted by atomic mass is 32.2. The van der Waals surface area contributed by atoms with E-state index in [-0.39, 0.29) is 12.4 Å². The van der Waals surface area contributed by atoms with E-state index in [1.54, 1.807) is 12.1 Å². The zero-order chi connectivity index (χ0) is 18.2. The molecule has 0 spiro atoms. The Morgan fingerprint density at radius 1 is 1.28 bits per heavy atom. The maximum Gasteiger partial charge on any atom is 0.232 e. The van der Waals surface area contributed by atoms with Crippen molar-refractivity contribution in [2.45, 2.75) is 33.0 Å². The first kappa shape index (κ1) is 17.7. The second kappa shape index (κ2) is 6.67. The van der Waals surface area contributed by atoms with Crippen LogP contribution in [0.1, 0.15) is 36.1 Å². The Hall–Kier alpha value is -2.09. The Labute approximate surface area is 148 Å². The fraction of sp³-hybridized carbons (Fsp3) is 0.278. The molecule has 0 saturated heterocycles. The summed E-state index contributed by atoms with van der Waals surface area (Å²) < 4.78 is 41.5. The minimum atomic E-state index is -2.08. The van der Waals surface area contributed by atoms with Gasteiger partial charge >= 0.3 is 0 Å². The Bertz CT molecular complexity index is 863. The van der Waals surface area contributed by atoms with Gasteiger partial charge in [0.15, 0.2) is 5.72 Å². The van der Waals surface area contributed by atoms with E-state index >= 15 is 0 Å². The van der Waals surface area contributed by atoms with Gasteiger partial charge in [0.05, 0.1) is 5.71 Å². The number of ether oxygens (including phenoxy) is 1. The quantitative estimate of drug-likeness (QED) is 0.820. The Kier molecular flexibility index (Phi) is 4.73. The molecule has 0 radical (unpaired) electrons. The number of rotatable bonds is 4. The van der Waals surface area contributed by atoms with Crippen LogP contribution in [0.25, 0.3) is 0 Å². The third kappa shape index (κ3) is 3.95. The largest absolute Gasteiger partial charge is 0.466 e. The molecule has 1 unspecified atom stereocenters. The van der Waals surface area contributed by atoms with Crippen LogP contribution in [0, 0.1) is 12.7 Å². The lowest BCUT2D eigenvalue weighted by Gasteiger charge is -2.31. The predicted octanol–water partition coefficient (Wildman–Crippen LogP) is 3.33. The highest BCUT2D eigenvalue weighted by molar-refractivity contribution is 7.77. The standard InChI is InChI=1S/C18H19FN2O3S/c1-11-8-12(10-20-25(22)23)9-15-16(11)17(21-18(2,3)24-15)13-4-6-14(19)7-5-13/h4-9,20H,10H2,1-3H3,(H,22,23). The minimum Gasteiger partial charge on any atom is -0.466 e. The molecular weight excluding hydrogens is 343 g/mol. The summed E-state index contributed by atoms with van der Waals surface area (Å²) in [5.74, 6) is 0.353. The molecule has 0 bridgehead atoms. The maximum absolute atomic E-state index is 13.3. The summed E-state index contributed by atoms with van der Waals surface area (Å²) in [5.41, 5.74) is 3.39. The van der Waals surface area contributed by atoms with Gasteiger partial charge in [-0.3, -0.25) is 4.55 Å². The van der Waals surface area contributed by atoms with Crippen LogP contribution in [0.2, 0.25) is 0 Å². The molecule has 3 rings (SSSR count). The normalized spacial score (nSPS) is 16.6. The molecule has 0 fully saturated rings. The lowest BCUT2D eigenvalue weighted by molar-refractivity contribution is 0.115. The smallest absolute Gasteiger partial charge is 0.232 e. The number of benzene rings is 2. The van der Waals surface area contributed by atoms with Crippen LogP contribution in [0.3, 0.4) is 0 Å². The second-order valence-electron chi connectivity index (χ2n) is 6.37. The van der Waals surface area contributed by atoms with Gasteiger partial charge in [0.2, 0.25) is 11.3 Å². The lowest BCUT2D eigenvalue weighted by atomic mass is 9.93. The van der Waals surface area contributed by atoms with Crippen LogP contribution in [0.5, 0.6) is 5.75 Å². The minimum absolute atomic E-state index is 0.240. The van der Waals surface area contributed by atoms with Crippen molar-refractivity contribution in [3.05, 3.63) is 64.5 Å². The van der Waals surface area contributed by atoms with Gasteiger partial charge in [0.1, 0.15) is 11.6 Å². The van der Waals surface area contributed by atoms with Gasteiger partial charge in [-0.15, -0.1) is 0 Å². The molecule has 2 aromatic carbocycles. The molecule has 7 heteroatoms. The molecular formula is C18H19FN2O3S. The first-order valence-corrected chi connectivity index (χ1v) is 8.89.